The van der Waals surface area contributed by atoms with E-state index in [0.717, 1.165) is 5.01 Å². The van der Waals surface area contributed by atoms with Gasteiger partial charge in [-0.1, -0.05) is 35.3 Å². The van der Waals surface area contributed by atoms with Crippen LogP contribution in [0.5, 0.6) is 17.2 Å². The van der Waals surface area contributed by atoms with Gasteiger partial charge in [-0.25, -0.2) is 0 Å². The minimum atomic E-state index is -0.265. The predicted molar refractivity (Wildman–Crippen MR) is 124 cm³/mol. The van der Waals surface area contributed by atoms with E-state index in [1.165, 1.54) is 49.3 Å². The lowest BCUT2D eigenvalue weighted by Crippen LogP contribution is -2.31. The molecule has 0 radical (unpaired) electrons. The zero-order chi connectivity index (χ0) is 22.5. The number of aromatic nitrogens is 2. The first-order valence-electron chi connectivity index (χ1n) is 9.01. The first kappa shape index (κ1) is 23.0. The zero-order valence-electron chi connectivity index (χ0n) is 17.3. The number of thioether (sulfide) groups is 1. The van der Waals surface area contributed by atoms with Crippen molar-refractivity contribution in [3.63, 3.8) is 0 Å². The quantitative estimate of drug-likeness (QED) is 0.451. The van der Waals surface area contributed by atoms with Crippen LogP contribution >= 0.6 is 35.3 Å². The standard InChI is InChI=1S/C19H20N4O5S3/c1-10-21-22-18(30-10)20-15(24)5-6-23-17(25)14(31-19(23)29)9-11-7-12(26-2)16(28-4)13(8-11)27-3/h7-9H,5-6H2,1-4H3,(H,20,22,24)/b14-9-. The number of ether oxygens (including phenoxy) is 3. The maximum atomic E-state index is 12.8. The average Bonchev–Trinajstić information content (AvgIpc) is 3.27. The number of nitrogens with zero attached hydrogens (tertiary/aromatic N) is 3. The summed E-state index contributed by atoms with van der Waals surface area (Å²) in [6.07, 6.45) is 1.79. The molecule has 0 spiro atoms. The Morgan fingerprint density at radius 3 is 2.42 bits per heavy atom. The van der Waals surface area contributed by atoms with Crippen molar-refractivity contribution in [1.29, 1.82) is 0 Å². The Bertz CT molecular complexity index is 1030. The Morgan fingerprint density at radius 2 is 1.87 bits per heavy atom. The van der Waals surface area contributed by atoms with Crippen LogP contribution in [0.3, 0.4) is 0 Å². The Balaban J connectivity index is 1.71. The summed E-state index contributed by atoms with van der Waals surface area (Å²) in [4.78, 5) is 26.8. The van der Waals surface area contributed by atoms with Gasteiger partial charge >= 0.3 is 0 Å². The van der Waals surface area contributed by atoms with Crippen LogP contribution in [0.1, 0.15) is 17.0 Å². The Labute approximate surface area is 192 Å². The molecule has 0 saturated carbocycles. The number of methoxy groups -OCH3 is 3. The fourth-order valence-corrected chi connectivity index (χ4v) is 4.69. The van der Waals surface area contributed by atoms with E-state index < -0.39 is 0 Å². The van der Waals surface area contributed by atoms with E-state index in [1.807, 2.05) is 0 Å². The molecule has 164 valence electrons. The predicted octanol–water partition coefficient (Wildman–Crippen LogP) is 3.10. The van der Waals surface area contributed by atoms with Crippen molar-refractivity contribution >= 4 is 62.7 Å². The van der Waals surface area contributed by atoms with Crippen molar-refractivity contribution < 1.29 is 23.8 Å². The van der Waals surface area contributed by atoms with Crippen LogP contribution in [0.4, 0.5) is 5.13 Å². The summed E-state index contributed by atoms with van der Waals surface area (Å²) < 4.78 is 16.4. The number of aryl methyl sites for hydroxylation is 1. The third-order valence-electron chi connectivity index (χ3n) is 4.19. The smallest absolute Gasteiger partial charge is 0.266 e. The molecule has 2 aromatic rings. The van der Waals surface area contributed by atoms with Gasteiger partial charge in [-0.05, 0) is 30.7 Å². The number of carbonyl (C=O) groups is 2. The molecule has 0 aliphatic carbocycles. The third-order valence-corrected chi connectivity index (χ3v) is 6.33. The van der Waals surface area contributed by atoms with Gasteiger partial charge in [0.2, 0.25) is 16.8 Å². The number of hydrogen-bond donors (Lipinski definition) is 1. The average molecular weight is 481 g/mol. The van der Waals surface area contributed by atoms with Crippen LogP contribution in [0.25, 0.3) is 6.08 Å². The second-order valence-corrected chi connectivity index (χ2v) is 9.07. The number of hydrogen-bond acceptors (Lipinski definition) is 10. The molecule has 2 amide bonds. The Hall–Kier alpha value is -2.70. The summed E-state index contributed by atoms with van der Waals surface area (Å²) in [6, 6.07) is 3.48. The summed E-state index contributed by atoms with van der Waals surface area (Å²) in [5.41, 5.74) is 0.694. The highest BCUT2D eigenvalue weighted by Gasteiger charge is 2.32. The van der Waals surface area contributed by atoms with Gasteiger partial charge < -0.3 is 19.5 Å². The van der Waals surface area contributed by atoms with Gasteiger partial charge in [0, 0.05) is 13.0 Å². The molecule has 1 aromatic heterocycles. The molecule has 12 heteroatoms. The SMILES string of the molecule is COc1cc(/C=C2\SC(=S)N(CCC(=O)Nc3nnc(C)s3)C2=O)cc(OC)c1OC. The lowest BCUT2D eigenvalue weighted by molar-refractivity contribution is -0.122. The van der Waals surface area contributed by atoms with Gasteiger partial charge in [0.05, 0.1) is 26.2 Å². The second-order valence-electron chi connectivity index (χ2n) is 6.22. The molecule has 3 rings (SSSR count). The first-order valence-corrected chi connectivity index (χ1v) is 11.1. The largest absolute Gasteiger partial charge is 0.493 e. The van der Waals surface area contributed by atoms with E-state index in [1.54, 1.807) is 25.1 Å². The minimum absolute atomic E-state index is 0.0858. The number of anilines is 1. The summed E-state index contributed by atoms with van der Waals surface area (Å²) >= 11 is 7.80. The molecule has 1 aromatic carbocycles. The molecule has 0 atom stereocenters. The maximum Gasteiger partial charge on any atom is 0.266 e. The Morgan fingerprint density at radius 1 is 1.19 bits per heavy atom. The molecule has 9 nitrogen and oxygen atoms in total. The van der Waals surface area contributed by atoms with E-state index in [-0.39, 0.29) is 24.8 Å². The van der Waals surface area contributed by atoms with Crippen LogP contribution in [0, 0.1) is 6.92 Å². The molecule has 1 saturated heterocycles. The molecule has 0 bridgehead atoms. The van der Waals surface area contributed by atoms with E-state index in [4.69, 9.17) is 26.4 Å². The first-order chi connectivity index (χ1) is 14.9. The number of thiocarbonyl (C=S) groups is 1. The topological polar surface area (TPSA) is 103 Å². The summed E-state index contributed by atoms with van der Waals surface area (Å²) in [5, 5.41) is 11.5. The third kappa shape index (κ3) is 5.32. The van der Waals surface area contributed by atoms with E-state index in [9.17, 15) is 9.59 Å². The molecule has 1 fully saturated rings. The molecule has 0 unspecified atom stereocenters. The fourth-order valence-electron chi connectivity index (χ4n) is 2.77. The lowest BCUT2D eigenvalue weighted by atomic mass is 10.1. The van der Waals surface area contributed by atoms with Gasteiger partial charge in [-0.3, -0.25) is 14.5 Å². The van der Waals surface area contributed by atoms with Crippen LogP contribution in [-0.2, 0) is 9.59 Å². The lowest BCUT2D eigenvalue weighted by Gasteiger charge is -2.14. The van der Waals surface area contributed by atoms with Gasteiger partial charge in [-0.2, -0.15) is 0 Å². The van der Waals surface area contributed by atoms with Crippen molar-refractivity contribution in [3.05, 3.63) is 27.6 Å². The highest BCUT2D eigenvalue weighted by Crippen LogP contribution is 2.40. The van der Waals surface area contributed by atoms with Gasteiger partial charge in [0.1, 0.15) is 9.33 Å². The van der Waals surface area contributed by atoms with Crippen molar-refractivity contribution in [2.75, 3.05) is 33.2 Å². The molecular formula is C19H20N4O5S3. The van der Waals surface area contributed by atoms with Crippen molar-refractivity contribution in [3.8, 4) is 17.2 Å². The van der Waals surface area contributed by atoms with Crippen LogP contribution in [0.15, 0.2) is 17.0 Å². The van der Waals surface area contributed by atoms with Crippen molar-refractivity contribution in [2.45, 2.75) is 13.3 Å². The molecule has 2 heterocycles. The van der Waals surface area contributed by atoms with Crippen molar-refractivity contribution in [2.24, 2.45) is 0 Å². The van der Waals surface area contributed by atoms with Crippen LogP contribution in [-0.4, -0.2) is 59.1 Å². The summed E-state index contributed by atoms with van der Waals surface area (Å²) in [5.74, 6) is 0.896. The monoisotopic (exact) mass is 480 g/mol. The van der Waals surface area contributed by atoms with Gasteiger partial charge in [0.25, 0.3) is 5.91 Å². The van der Waals surface area contributed by atoms with Crippen LogP contribution < -0.4 is 19.5 Å². The molecule has 31 heavy (non-hydrogen) atoms. The Kier molecular flexibility index (Phi) is 7.46. The zero-order valence-corrected chi connectivity index (χ0v) is 19.7. The number of rotatable bonds is 8. The molecule has 1 N–H and O–H groups in total. The van der Waals surface area contributed by atoms with Gasteiger partial charge in [-0.15, -0.1) is 10.2 Å². The molecule has 1 aliphatic heterocycles. The fraction of sp³-hybridized carbons (Fsp3) is 0.316. The number of carbonyl (C=O) groups excluding carboxylic acids is 2. The molecule has 1 aliphatic rings. The highest BCUT2D eigenvalue weighted by molar-refractivity contribution is 8.26. The summed E-state index contributed by atoms with van der Waals surface area (Å²) in [6.45, 7) is 1.97. The number of benzene rings is 1. The second kappa shape index (κ2) is 10.1. The highest BCUT2D eigenvalue weighted by atomic mass is 32.2. The minimum Gasteiger partial charge on any atom is -0.493 e. The number of amides is 2. The molecular weight excluding hydrogens is 460 g/mol. The van der Waals surface area contributed by atoms with E-state index >= 15 is 0 Å². The summed E-state index contributed by atoms with van der Waals surface area (Å²) in [7, 11) is 4.57. The van der Waals surface area contributed by atoms with Crippen molar-refractivity contribution in [1.82, 2.24) is 15.1 Å². The number of nitrogens with one attached hydrogen (secondary N) is 1. The van der Waals surface area contributed by atoms with E-state index in [0.29, 0.717) is 37.2 Å². The van der Waals surface area contributed by atoms with Gasteiger partial charge in [0.15, 0.2) is 11.5 Å². The normalized spacial score (nSPS) is 14.8. The van der Waals surface area contributed by atoms with E-state index in [2.05, 4.69) is 15.5 Å². The van der Waals surface area contributed by atoms with Crippen LogP contribution in [0.2, 0.25) is 0 Å². The maximum absolute atomic E-state index is 12.8.